The highest BCUT2D eigenvalue weighted by Gasteiger charge is 2.20. The predicted octanol–water partition coefficient (Wildman–Crippen LogP) is 3.04. The lowest BCUT2D eigenvalue weighted by molar-refractivity contribution is -0.116. The van der Waals surface area contributed by atoms with Crippen LogP contribution in [0.15, 0.2) is 47.4 Å². The van der Waals surface area contributed by atoms with E-state index in [1.54, 1.807) is 18.2 Å². The van der Waals surface area contributed by atoms with E-state index in [1.165, 1.54) is 24.8 Å². The minimum atomic E-state index is -3.63. The van der Waals surface area contributed by atoms with Crippen LogP contribution in [-0.4, -0.2) is 32.3 Å². The summed E-state index contributed by atoms with van der Waals surface area (Å²) in [4.78, 5) is 14.2. The second-order valence-corrected chi connectivity index (χ2v) is 9.56. The van der Waals surface area contributed by atoms with Gasteiger partial charge in [-0.25, -0.2) is 13.1 Å². The average molecular weight is 414 g/mol. The third kappa shape index (κ3) is 4.86. The number of aryl methyl sites for hydroxylation is 1. The van der Waals surface area contributed by atoms with Crippen LogP contribution >= 0.6 is 0 Å². The molecule has 2 aliphatic rings. The van der Waals surface area contributed by atoms with E-state index in [4.69, 9.17) is 0 Å². The quantitative estimate of drug-likeness (QED) is 0.763. The monoisotopic (exact) mass is 413 g/mol. The zero-order valence-electron chi connectivity index (χ0n) is 16.5. The Balaban J connectivity index is 1.46. The van der Waals surface area contributed by atoms with E-state index >= 15 is 0 Å². The fourth-order valence-electron chi connectivity index (χ4n) is 4.03. The minimum absolute atomic E-state index is 0.0310. The van der Waals surface area contributed by atoms with E-state index in [-0.39, 0.29) is 17.3 Å². The number of hydrogen-bond acceptors (Lipinski definition) is 4. The molecule has 1 fully saturated rings. The first-order chi connectivity index (χ1) is 14.0. The summed E-state index contributed by atoms with van der Waals surface area (Å²) in [5.74, 6) is -0.0310. The van der Waals surface area contributed by atoms with Crippen LogP contribution in [-0.2, 0) is 34.3 Å². The number of carbonyl (C=O) groups is 1. The van der Waals surface area contributed by atoms with Gasteiger partial charge in [0.05, 0.1) is 4.90 Å². The van der Waals surface area contributed by atoms with Gasteiger partial charge in [0.15, 0.2) is 0 Å². The van der Waals surface area contributed by atoms with Crippen LogP contribution in [0, 0.1) is 0 Å². The second kappa shape index (κ2) is 8.65. The van der Waals surface area contributed by atoms with E-state index in [2.05, 4.69) is 21.0 Å². The van der Waals surface area contributed by atoms with Crippen LogP contribution in [0.5, 0.6) is 0 Å². The third-order valence-electron chi connectivity index (χ3n) is 5.70. The number of likely N-dealkylation sites (tertiary alicyclic amines) is 1. The summed E-state index contributed by atoms with van der Waals surface area (Å²) < 4.78 is 28.4. The maximum absolute atomic E-state index is 12.8. The molecule has 6 nitrogen and oxygen atoms in total. The van der Waals surface area contributed by atoms with Crippen molar-refractivity contribution in [1.82, 2.24) is 9.62 Å². The van der Waals surface area contributed by atoms with Crippen molar-refractivity contribution in [3.05, 3.63) is 59.2 Å². The summed E-state index contributed by atoms with van der Waals surface area (Å²) in [5.41, 5.74) is 3.74. The molecule has 2 aliphatic heterocycles. The topological polar surface area (TPSA) is 78.5 Å². The Morgan fingerprint density at radius 1 is 0.966 bits per heavy atom. The zero-order chi connectivity index (χ0) is 20.3. The summed E-state index contributed by atoms with van der Waals surface area (Å²) in [6.45, 7) is 3.33. The van der Waals surface area contributed by atoms with Crippen molar-refractivity contribution in [1.29, 1.82) is 0 Å². The van der Waals surface area contributed by atoms with Crippen LogP contribution < -0.4 is 10.0 Å². The molecule has 7 heteroatoms. The highest BCUT2D eigenvalue weighted by molar-refractivity contribution is 7.89. The molecule has 2 N–H and O–H groups in total. The zero-order valence-corrected chi connectivity index (χ0v) is 17.3. The second-order valence-electron chi connectivity index (χ2n) is 7.80. The van der Waals surface area contributed by atoms with E-state index in [1.807, 2.05) is 18.2 Å². The van der Waals surface area contributed by atoms with E-state index in [0.717, 1.165) is 30.8 Å². The summed E-state index contributed by atoms with van der Waals surface area (Å²) in [5, 5.41) is 2.78. The Labute approximate surface area is 172 Å². The molecule has 2 aromatic rings. The molecular formula is C22H27N3O3S. The highest BCUT2D eigenvalue weighted by atomic mass is 32.2. The molecule has 0 saturated carbocycles. The van der Waals surface area contributed by atoms with Gasteiger partial charge in [-0.05, 0) is 67.2 Å². The summed E-state index contributed by atoms with van der Waals surface area (Å²) in [7, 11) is -3.63. The lowest BCUT2D eigenvalue weighted by Crippen LogP contribution is -2.30. The standard InChI is InChI=1S/C22H27N3O3S/c26-22-11-8-17-14-20(9-10-21(17)24-22)29(27,28)23-15-18-6-2-3-7-19(18)16-25-12-4-1-5-13-25/h2-3,6-7,9-10,14,23H,1,4-5,8,11-13,15-16H2,(H,24,26). The van der Waals surface area contributed by atoms with E-state index < -0.39 is 10.0 Å². The van der Waals surface area contributed by atoms with Crippen molar-refractivity contribution in [2.45, 2.75) is 50.1 Å². The number of sulfonamides is 1. The number of benzene rings is 2. The Morgan fingerprint density at radius 3 is 2.52 bits per heavy atom. The molecule has 0 spiro atoms. The number of anilines is 1. The Bertz CT molecular complexity index is 998. The number of carbonyl (C=O) groups excluding carboxylic acids is 1. The van der Waals surface area contributed by atoms with Crippen molar-refractivity contribution in [2.24, 2.45) is 0 Å². The number of hydrogen-bond donors (Lipinski definition) is 2. The fourth-order valence-corrected chi connectivity index (χ4v) is 5.08. The largest absolute Gasteiger partial charge is 0.326 e. The number of amides is 1. The van der Waals surface area contributed by atoms with Crippen molar-refractivity contribution < 1.29 is 13.2 Å². The van der Waals surface area contributed by atoms with Crippen molar-refractivity contribution in [2.75, 3.05) is 18.4 Å². The molecule has 1 amide bonds. The van der Waals surface area contributed by atoms with Crippen LogP contribution in [0.4, 0.5) is 5.69 Å². The molecule has 0 bridgehead atoms. The molecule has 1 saturated heterocycles. The smallest absolute Gasteiger partial charge is 0.240 e. The van der Waals surface area contributed by atoms with Gasteiger partial charge in [0.1, 0.15) is 0 Å². The van der Waals surface area contributed by atoms with Gasteiger partial charge in [-0.1, -0.05) is 30.7 Å². The van der Waals surface area contributed by atoms with Crippen LogP contribution in [0.25, 0.3) is 0 Å². The van der Waals surface area contributed by atoms with E-state index in [9.17, 15) is 13.2 Å². The molecule has 0 aliphatic carbocycles. The van der Waals surface area contributed by atoms with Crippen LogP contribution in [0.3, 0.4) is 0 Å². The number of fused-ring (bicyclic) bond motifs is 1. The maximum atomic E-state index is 12.8. The summed E-state index contributed by atoms with van der Waals surface area (Å²) in [6, 6.07) is 12.9. The van der Waals surface area contributed by atoms with Crippen LogP contribution in [0.1, 0.15) is 42.4 Å². The number of nitrogens with one attached hydrogen (secondary N) is 2. The van der Waals surface area contributed by atoms with Crippen molar-refractivity contribution in [3.63, 3.8) is 0 Å². The third-order valence-corrected chi connectivity index (χ3v) is 7.10. The molecule has 0 radical (unpaired) electrons. The summed E-state index contributed by atoms with van der Waals surface area (Å²) in [6.07, 6.45) is 4.70. The normalized spacial score (nSPS) is 17.6. The lowest BCUT2D eigenvalue weighted by atomic mass is 10.0. The lowest BCUT2D eigenvalue weighted by Gasteiger charge is -2.27. The van der Waals surface area contributed by atoms with E-state index in [0.29, 0.717) is 18.5 Å². The first-order valence-electron chi connectivity index (χ1n) is 10.2. The minimum Gasteiger partial charge on any atom is -0.326 e. The molecular weight excluding hydrogens is 386 g/mol. The molecule has 154 valence electrons. The van der Waals surface area contributed by atoms with Gasteiger partial charge >= 0.3 is 0 Å². The average Bonchev–Trinajstić information content (AvgIpc) is 2.73. The van der Waals surface area contributed by atoms with Crippen molar-refractivity contribution >= 4 is 21.6 Å². The maximum Gasteiger partial charge on any atom is 0.240 e. The Kier molecular flexibility index (Phi) is 5.99. The predicted molar refractivity (Wildman–Crippen MR) is 113 cm³/mol. The number of rotatable bonds is 6. The van der Waals surface area contributed by atoms with Gasteiger partial charge in [0, 0.05) is 25.2 Å². The molecule has 2 aromatic carbocycles. The molecule has 2 heterocycles. The van der Waals surface area contributed by atoms with Gasteiger partial charge in [0.2, 0.25) is 15.9 Å². The Morgan fingerprint density at radius 2 is 1.72 bits per heavy atom. The van der Waals surface area contributed by atoms with Crippen LogP contribution in [0.2, 0.25) is 0 Å². The first-order valence-corrected chi connectivity index (χ1v) is 11.7. The molecule has 29 heavy (non-hydrogen) atoms. The SMILES string of the molecule is O=C1CCc2cc(S(=O)(=O)NCc3ccccc3CN3CCCCC3)ccc2N1. The highest BCUT2D eigenvalue weighted by Crippen LogP contribution is 2.25. The van der Waals surface area contributed by atoms with Gasteiger partial charge in [0.25, 0.3) is 0 Å². The Hall–Kier alpha value is -2.22. The summed E-state index contributed by atoms with van der Waals surface area (Å²) >= 11 is 0. The van der Waals surface area contributed by atoms with Gasteiger partial charge in [-0.15, -0.1) is 0 Å². The number of nitrogens with zero attached hydrogens (tertiary/aromatic N) is 1. The molecule has 4 rings (SSSR count). The number of piperidine rings is 1. The molecule has 0 atom stereocenters. The molecule has 0 unspecified atom stereocenters. The fraction of sp³-hybridized carbons (Fsp3) is 0.409. The molecule has 0 aromatic heterocycles. The van der Waals surface area contributed by atoms with Gasteiger partial charge < -0.3 is 5.32 Å². The van der Waals surface area contributed by atoms with Gasteiger partial charge in [-0.3, -0.25) is 9.69 Å². The van der Waals surface area contributed by atoms with Crippen molar-refractivity contribution in [3.8, 4) is 0 Å². The van der Waals surface area contributed by atoms with Gasteiger partial charge in [-0.2, -0.15) is 0 Å². The first kappa shape index (κ1) is 20.1.